The lowest BCUT2D eigenvalue weighted by Gasteiger charge is -2.22. The Labute approximate surface area is 173 Å². The number of hydrogen-bond acceptors (Lipinski definition) is 7. The number of nitrogens with zero attached hydrogens (tertiary/aromatic N) is 1. The maximum Gasteiger partial charge on any atom is 0.286 e. The van der Waals surface area contributed by atoms with Crippen molar-refractivity contribution in [2.45, 2.75) is 30.8 Å². The number of carbonyl (C=O) groups is 2. The van der Waals surface area contributed by atoms with Crippen molar-refractivity contribution < 1.29 is 23.8 Å². The number of ether oxygens (including phenoxy) is 3. The fourth-order valence-corrected chi connectivity index (χ4v) is 4.12. The van der Waals surface area contributed by atoms with Crippen molar-refractivity contribution in [3.8, 4) is 5.75 Å². The summed E-state index contributed by atoms with van der Waals surface area (Å²) in [5, 5.41) is 1.67. The largest absolute Gasteiger partial charge is 0.493 e. The van der Waals surface area contributed by atoms with E-state index < -0.39 is 5.79 Å². The molecule has 2 aromatic rings. The molecule has 8 heteroatoms. The van der Waals surface area contributed by atoms with Crippen LogP contribution in [0.3, 0.4) is 0 Å². The molecule has 0 unspecified atom stereocenters. The van der Waals surface area contributed by atoms with Crippen molar-refractivity contribution in [2.24, 2.45) is 0 Å². The monoisotopic (exact) mass is 414 g/mol. The van der Waals surface area contributed by atoms with E-state index in [0.717, 1.165) is 34.3 Å². The topological polar surface area (TPSA) is 86.8 Å². The molecule has 2 fully saturated rings. The zero-order valence-corrected chi connectivity index (χ0v) is 16.9. The van der Waals surface area contributed by atoms with Gasteiger partial charge < -0.3 is 14.2 Å². The van der Waals surface area contributed by atoms with E-state index in [0.29, 0.717) is 32.7 Å². The van der Waals surface area contributed by atoms with Crippen molar-refractivity contribution in [1.82, 2.24) is 10.3 Å². The summed E-state index contributed by atoms with van der Waals surface area (Å²) in [6.45, 7) is 3.59. The first-order chi connectivity index (χ1) is 14.0. The van der Waals surface area contributed by atoms with Gasteiger partial charge in [-0.1, -0.05) is 30.0 Å². The SMILES string of the molecule is CC1(c2ccc(CCOc3ccc(C[C@@H]4SC(=O)NC4=O)cc3)nc2)OCCO1. The van der Waals surface area contributed by atoms with Gasteiger partial charge in [0.2, 0.25) is 5.91 Å². The highest BCUT2D eigenvalue weighted by Crippen LogP contribution is 2.30. The predicted molar refractivity (Wildman–Crippen MR) is 108 cm³/mol. The van der Waals surface area contributed by atoms with Crippen LogP contribution in [0.25, 0.3) is 0 Å². The molecule has 0 bridgehead atoms. The summed E-state index contributed by atoms with van der Waals surface area (Å²) >= 11 is 1.04. The van der Waals surface area contributed by atoms with Crippen LogP contribution in [0, 0.1) is 0 Å². The standard InChI is InChI=1S/C21H22N2O5S/c1-21(27-10-11-28-21)15-4-5-16(22-13-15)8-9-26-17-6-2-14(3-7-17)12-18-19(24)23-20(25)29-18/h2-7,13,18H,8-12H2,1H3,(H,23,24,25)/t18-/m0/s1. The Balaban J connectivity index is 1.25. The lowest BCUT2D eigenvalue weighted by molar-refractivity contribution is -0.150. The molecule has 1 N–H and O–H groups in total. The number of amides is 2. The molecule has 2 aliphatic heterocycles. The summed E-state index contributed by atoms with van der Waals surface area (Å²) in [6.07, 6.45) is 2.99. The molecule has 0 saturated carbocycles. The lowest BCUT2D eigenvalue weighted by atomic mass is 10.1. The van der Waals surface area contributed by atoms with Gasteiger partial charge in [-0.15, -0.1) is 0 Å². The summed E-state index contributed by atoms with van der Waals surface area (Å²) in [7, 11) is 0. The van der Waals surface area contributed by atoms with Gasteiger partial charge in [0.15, 0.2) is 5.79 Å². The summed E-state index contributed by atoms with van der Waals surface area (Å²) in [5.41, 5.74) is 2.83. The zero-order valence-electron chi connectivity index (χ0n) is 16.1. The van der Waals surface area contributed by atoms with Crippen LogP contribution in [0.4, 0.5) is 4.79 Å². The molecule has 0 spiro atoms. The smallest absolute Gasteiger partial charge is 0.286 e. The van der Waals surface area contributed by atoms with Crippen molar-refractivity contribution in [2.75, 3.05) is 19.8 Å². The van der Waals surface area contributed by atoms with Gasteiger partial charge in [0.1, 0.15) is 5.75 Å². The third-order valence-electron chi connectivity index (χ3n) is 4.93. The predicted octanol–water partition coefficient (Wildman–Crippen LogP) is 2.82. The van der Waals surface area contributed by atoms with E-state index in [-0.39, 0.29) is 16.4 Å². The van der Waals surface area contributed by atoms with Crippen molar-refractivity contribution >= 4 is 22.9 Å². The van der Waals surface area contributed by atoms with Gasteiger partial charge in [-0.3, -0.25) is 19.9 Å². The quantitative estimate of drug-likeness (QED) is 0.745. The number of nitrogens with one attached hydrogen (secondary N) is 1. The van der Waals surface area contributed by atoms with Gasteiger partial charge in [0.05, 0.1) is 25.1 Å². The van der Waals surface area contributed by atoms with Crippen molar-refractivity contribution in [3.05, 3.63) is 59.4 Å². The number of rotatable bonds is 7. The molecule has 4 rings (SSSR count). The molecule has 1 aromatic heterocycles. The maximum absolute atomic E-state index is 11.6. The summed E-state index contributed by atoms with van der Waals surface area (Å²) in [4.78, 5) is 27.4. The molecule has 1 aromatic carbocycles. The number of aromatic nitrogens is 1. The fraction of sp³-hybridized carbons (Fsp3) is 0.381. The Kier molecular flexibility index (Phi) is 5.84. The highest BCUT2D eigenvalue weighted by molar-refractivity contribution is 8.15. The molecule has 2 aliphatic rings. The van der Waals surface area contributed by atoms with Crippen LogP contribution in [-0.2, 0) is 32.9 Å². The highest BCUT2D eigenvalue weighted by atomic mass is 32.2. The molecule has 152 valence electrons. The van der Waals surface area contributed by atoms with E-state index >= 15 is 0 Å². The number of imide groups is 1. The maximum atomic E-state index is 11.6. The van der Waals surface area contributed by atoms with E-state index in [9.17, 15) is 9.59 Å². The van der Waals surface area contributed by atoms with E-state index in [4.69, 9.17) is 14.2 Å². The van der Waals surface area contributed by atoms with Crippen LogP contribution < -0.4 is 10.1 Å². The summed E-state index contributed by atoms with van der Waals surface area (Å²) in [5.74, 6) is -0.168. The van der Waals surface area contributed by atoms with Crippen LogP contribution in [0.1, 0.15) is 23.7 Å². The Hall–Kier alpha value is -2.42. The fourth-order valence-electron chi connectivity index (χ4n) is 3.26. The van der Waals surface area contributed by atoms with Gasteiger partial charge in [0.25, 0.3) is 5.24 Å². The second-order valence-corrected chi connectivity index (χ2v) is 8.19. The summed E-state index contributed by atoms with van der Waals surface area (Å²) < 4.78 is 17.1. The van der Waals surface area contributed by atoms with E-state index in [2.05, 4.69) is 10.3 Å². The van der Waals surface area contributed by atoms with Crippen LogP contribution in [-0.4, -0.2) is 41.2 Å². The minimum Gasteiger partial charge on any atom is -0.493 e. The zero-order chi connectivity index (χ0) is 20.3. The van der Waals surface area contributed by atoms with E-state index in [1.54, 1.807) is 6.20 Å². The second kappa shape index (κ2) is 8.52. The minimum atomic E-state index is -0.700. The Morgan fingerprint density at radius 2 is 1.93 bits per heavy atom. The average molecular weight is 414 g/mol. The molecule has 29 heavy (non-hydrogen) atoms. The molecular formula is C21H22N2O5S. The minimum absolute atomic E-state index is 0.223. The molecule has 2 amide bonds. The second-order valence-electron chi connectivity index (χ2n) is 7.01. The van der Waals surface area contributed by atoms with Gasteiger partial charge in [0, 0.05) is 23.9 Å². The third-order valence-corrected chi connectivity index (χ3v) is 5.91. The molecule has 7 nitrogen and oxygen atoms in total. The van der Waals surface area contributed by atoms with Gasteiger partial charge in [-0.05, 0) is 37.1 Å². The number of thioether (sulfide) groups is 1. The molecule has 3 heterocycles. The number of hydrogen-bond donors (Lipinski definition) is 1. The molecule has 2 saturated heterocycles. The number of carbonyl (C=O) groups excluding carboxylic acids is 2. The normalized spacial score (nSPS) is 20.7. The third kappa shape index (κ3) is 4.77. The molecule has 1 atom stereocenters. The van der Waals surface area contributed by atoms with Crippen LogP contribution >= 0.6 is 11.8 Å². The van der Waals surface area contributed by atoms with Crippen LogP contribution in [0.15, 0.2) is 42.6 Å². The van der Waals surface area contributed by atoms with Crippen molar-refractivity contribution in [1.29, 1.82) is 0 Å². The first-order valence-corrected chi connectivity index (χ1v) is 10.4. The highest BCUT2D eigenvalue weighted by Gasteiger charge is 2.33. The van der Waals surface area contributed by atoms with Gasteiger partial charge in [-0.25, -0.2) is 0 Å². The number of pyridine rings is 1. The van der Waals surface area contributed by atoms with Gasteiger partial charge in [-0.2, -0.15) is 0 Å². The number of benzene rings is 1. The lowest BCUT2D eigenvalue weighted by Crippen LogP contribution is -2.25. The van der Waals surface area contributed by atoms with Crippen LogP contribution in [0.2, 0.25) is 0 Å². The molecule has 0 radical (unpaired) electrons. The average Bonchev–Trinajstić information content (AvgIpc) is 3.29. The molecular weight excluding hydrogens is 392 g/mol. The first-order valence-electron chi connectivity index (χ1n) is 9.48. The summed E-state index contributed by atoms with van der Waals surface area (Å²) in [6, 6.07) is 11.5. The molecule has 0 aliphatic carbocycles. The van der Waals surface area contributed by atoms with E-state index in [1.807, 2.05) is 43.3 Å². The van der Waals surface area contributed by atoms with E-state index in [1.165, 1.54) is 0 Å². The van der Waals surface area contributed by atoms with Crippen LogP contribution in [0.5, 0.6) is 5.75 Å². The Morgan fingerprint density at radius 1 is 1.17 bits per heavy atom. The first kappa shape index (κ1) is 19.9. The Morgan fingerprint density at radius 3 is 2.55 bits per heavy atom. The Bertz CT molecular complexity index is 879. The van der Waals surface area contributed by atoms with Crippen molar-refractivity contribution in [3.63, 3.8) is 0 Å². The van der Waals surface area contributed by atoms with Gasteiger partial charge >= 0.3 is 0 Å².